The fraction of sp³-hybridized carbons (Fsp3) is 0.500. The van der Waals surface area contributed by atoms with E-state index in [-0.39, 0.29) is 0 Å². The highest BCUT2D eigenvalue weighted by atomic mass is 32.1. The van der Waals surface area contributed by atoms with Gasteiger partial charge in [0.2, 0.25) is 0 Å². The minimum Gasteiger partial charge on any atom is -0.478 e. The fourth-order valence-corrected chi connectivity index (χ4v) is 4.55. The molecule has 0 spiro atoms. The van der Waals surface area contributed by atoms with Crippen LogP contribution in [0.3, 0.4) is 0 Å². The number of benzene rings is 1. The molecule has 1 aliphatic heterocycles. The normalized spacial score (nSPS) is 18.6. The molecule has 3 rings (SSSR count). The lowest BCUT2D eigenvalue weighted by Crippen LogP contribution is -2.36. The van der Waals surface area contributed by atoms with Gasteiger partial charge in [0.15, 0.2) is 0 Å². The van der Waals surface area contributed by atoms with Gasteiger partial charge in [0.1, 0.15) is 0 Å². The number of aromatic nitrogens is 1. The van der Waals surface area contributed by atoms with Gasteiger partial charge in [0.25, 0.3) is 0 Å². The molecule has 1 saturated heterocycles. The number of aromatic carboxylic acids is 1. The van der Waals surface area contributed by atoms with Crippen LogP contribution in [0, 0.1) is 0 Å². The highest BCUT2D eigenvalue weighted by Gasteiger charge is 2.24. The maximum absolute atomic E-state index is 11.3. The van der Waals surface area contributed by atoms with Gasteiger partial charge in [-0.3, -0.25) is 0 Å². The molecule has 5 heteroatoms. The zero-order chi connectivity index (χ0) is 17.8. The SMILES string of the molecule is CC(C)c1csc(C2CCCN(CCc3ccccc3C(=O)O)C2)n1. The fourth-order valence-electron chi connectivity index (χ4n) is 3.44. The molecule has 1 atom stereocenters. The number of rotatable bonds is 6. The Bertz CT molecular complexity index is 726. The summed E-state index contributed by atoms with van der Waals surface area (Å²) in [7, 11) is 0. The molecule has 25 heavy (non-hydrogen) atoms. The maximum Gasteiger partial charge on any atom is 0.335 e. The number of thiazole rings is 1. The van der Waals surface area contributed by atoms with Crippen molar-refractivity contribution in [1.82, 2.24) is 9.88 Å². The molecule has 1 unspecified atom stereocenters. The van der Waals surface area contributed by atoms with Crippen molar-refractivity contribution in [1.29, 1.82) is 0 Å². The van der Waals surface area contributed by atoms with Crippen LogP contribution in [0.1, 0.15) is 65.1 Å². The van der Waals surface area contributed by atoms with E-state index < -0.39 is 5.97 Å². The average molecular weight is 359 g/mol. The van der Waals surface area contributed by atoms with Gasteiger partial charge in [-0.15, -0.1) is 11.3 Å². The molecule has 2 heterocycles. The van der Waals surface area contributed by atoms with Gasteiger partial charge in [-0.05, 0) is 43.4 Å². The monoisotopic (exact) mass is 358 g/mol. The molecule has 0 bridgehead atoms. The molecule has 4 nitrogen and oxygen atoms in total. The van der Waals surface area contributed by atoms with Crippen molar-refractivity contribution >= 4 is 17.3 Å². The smallest absolute Gasteiger partial charge is 0.335 e. The first-order valence-electron chi connectivity index (χ1n) is 9.03. The summed E-state index contributed by atoms with van der Waals surface area (Å²) in [5.74, 6) is 0.161. The molecule has 1 fully saturated rings. The third-order valence-electron chi connectivity index (χ3n) is 4.93. The zero-order valence-electron chi connectivity index (χ0n) is 14.9. The summed E-state index contributed by atoms with van der Waals surface area (Å²) in [6.45, 7) is 7.40. The summed E-state index contributed by atoms with van der Waals surface area (Å²) in [5.41, 5.74) is 2.55. The number of hydrogen-bond acceptors (Lipinski definition) is 4. The average Bonchev–Trinajstić information content (AvgIpc) is 3.11. The Morgan fingerprint density at radius 3 is 2.92 bits per heavy atom. The molecular formula is C20H26N2O2S. The molecule has 1 aliphatic rings. The maximum atomic E-state index is 11.3. The van der Waals surface area contributed by atoms with Crippen LogP contribution in [-0.4, -0.2) is 40.6 Å². The van der Waals surface area contributed by atoms with Crippen molar-refractivity contribution in [2.75, 3.05) is 19.6 Å². The first-order valence-corrected chi connectivity index (χ1v) is 9.91. The number of carbonyl (C=O) groups is 1. The van der Waals surface area contributed by atoms with Crippen LogP contribution in [0.4, 0.5) is 0 Å². The van der Waals surface area contributed by atoms with E-state index in [1.807, 2.05) is 12.1 Å². The minimum absolute atomic E-state index is 0.428. The number of carboxylic acid groups (broad SMARTS) is 1. The summed E-state index contributed by atoms with van der Waals surface area (Å²) < 4.78 is 0. The Kier molecular flexibility index (Phi) is 5.86. The number of hydrogen-bond donors (Lipinski definition) is 1. The lowest BCUT2D eigenvalue weighted by Gasteiger charge is -2.31. The van der Waals surface area contributed by atoms with Crippen molar-refractivity contribution in [3.63, 3.8) is 0 Å². The molecule has 0 aliphatic carbocycles. The summed E-state index contributed by atoms with van der Waals surface area (Å²) in [6, 6.07) is 7.34. The second kappa shape index (κ2) is 8.11. The second-order valence-electron chi connectivity index (χ2n) is 7.12. The van der Waals surface area contributed by atoms with Crippen LogP contribution in [-0.2, 0) is 6.42 Å². The van der Waals surface area contributed by atoms with E-state index in [0.717, 1.165) is 31.6 Å². The third kappa shape index (κ3) is 4.47. The third-order valence-corrected chi connectivity index (χ3v) is 5.96. The Hall–Kier alpha value is -1.72. The van der Waals surface area contributed by atoms with Crippen LogP contribution in [0.2, 0.25) is 0 Å². The number of nitrogens with zero attached hydrogens (tertiary/aromatic N) is 2. The van der Waals surface area contributed by atoms with Crippen LogP contribution >= 0.6 is 11.3 Å². The molecule has 1 aromatic carbocycles. The molecule has 0 radical (unpaired) electrons. The highest BCUT2D eigenvalue weighted by molar-refractivity contribution is 7.09. The number of likely N-dealkylation sites (tertiary alicyclic amines) is 1. The lowest BCUT2D eigenvalue weighted by molar-refractivity contribution is 0.0695. The van der Waals surface area contributed by atoms with Crippen LogP contribution in [0.15, 0.2) is 29.6 Å². The van der Waals surface area contributed by atoms with Gasteiger partial charge in [0.05, 0.1) is 16.3 Å². The van der Waals surface area contributed by atoms with E-state index in [9.17, 15) is 9.90 Å². The number of piperidine rings is 1. The zero-order valence-corrected chi connectivity index (χ0v) is 15.8. The first-order chi connectivity index (χ1) is 12.0. The van der Waals surface area contributed by atoms with Gasteiger partial charge in [-0.25, -0.2) is 9.78 Å². The van der Waals surface area contributed by atoms with Gasteiger partial charge < -0.3 is 10.0 Å². The summed E-state index contributed by atoms with van der Waals surface area (Å²) in [5, 5.41) is 12.8. The minimum atomic E-state index is -0.837. The van der Waals surface area contributed by atoms with Crippen molar-refractivity contribution in [2.24, 2.45) is 0 Å². The molecule has 0 amide bonds. The largest absolute Gasteiger partial charge is 0.478 e. The van der Waals surface area contributed by atoms with Crippen molar-refractivity contribution in [3.8, 4) is 0 Å². The summed E-state index contributed by atoms with van der Waals surface area (Å²) in [4.78, 5) is 18.6. The van der Waals surface area contributed by atoms with Crippen LogP contribution < -0.4 is 0 Å². The second-order valence-corrected chi connectivity index (χ2v) is 8.01. The lowest BCUT2D eigenvalue weighted by atomic mass is 9.97. The Labute approximate surface area is 153 Å². The van der Waals surface area contributed by atoms with E-state index in [0.29, 0.717) is 17.4 Å². The van der Waals surface area contributed by atoms with Crippen LogP contribution in [0.5, 0.6) is 0 Å². The quantitative estimate of drug-likeness (QED) is 0.832. The predicted octanol–water partition coefficient (Wildman–Crippen LogP) is 4.39. The predicted molar refractivity (Wildman–Crippen MR) is 102 cm³/mol. The van der Waals surface area contributed by atoms with E-state index in [1.54, 1.807) is 23.5 Å². The highest BCUT2D eigenvalue weighted by Crippen LogP contribution is 2.31. The molecule has 1 aromatic heterocycles. The number of carboxylic acids is 1. The van der Waals surface area contributed by atoms with Crippen molar-refractivity contribution in [2.45, 2.75) is 44.9 Å². The first kappa shape index (κ1) is 18.1. The van der Waals surface area contributed by atoms with Gasteiger partial charge in [-0.2, -0.15) is 0 Å². The molecule has 134 valence electrons. The van der Waals surface area contributed by atoms with Crippen LogP contribution in [0.25, 0.3) is 0 Å². The Morgan fingerprint density at radius 1 is 1.40 bits per heavy atom. The molecule has 1 N–H and O–H groups in total. The van der Waals surface area contributed by atoms with E-state index >= 15 is 0 Å². The molecule has 0 saturated carbocycles. The Morgan fingerprint density at radius 2 is 2.20 bits per heavy atom. The topological polar surface area (TPSA) is 53.4 Å². The van der Waals surface area contributed by atoms with Gasteiger partial charge >= 0.3 is 5.97 Å². The van der Waals surface area contributed by atoms with Crippen molar-refractivity contribution < 1.29 is 9.90 Å². The molecular weight excluding hydrogens is 332 g/mol. The summed E-state index contributed by atoms with van der Waals surface area (Å²) >= 11 is 1.79. The summed E-state index contributed by atoms with van der Waals surface area (Å²) in [6.07, 6.45) is 3.17. The van der Waals surface area contributed by atoms with E-state index in [1.165, 1.54) is 23.5 Å². The Balaban J connectivity index is 1.61. The van der Waals surface area contributed by atoms with E-state index in [4.69, 9.17) is 4.98 Å². The van der Waals surface area contributed by atoms with Gasteiger partial charge in [0, 0.05) is 24.4 Å². The standard InChI is InChI=1S/C20H26N2O2S/c1-14(2)18-13-25-19(21-18)16-7-5-10-22(12-16)11-9-15-6-3-4-8-17(15)20(23)24/h3-4,6,8,13-14,16H,5,7,9-12H2,1-2H3,(H,23,24). The molecule has 2 aromatic rings. The van der Waals surface area contributed by atoms with E-state index in [2.05, 4.69) is 24.1 Å². The van der Waals surface area contributed by atoms with Gasteiger partial charge in [-0.1, -0.05) is 32.0 Å². The van der Waals surface area contributed by atoms with Crippen molar-refractivity contribution in [3.05, 3.63) is 51.5 Å².